The van der Waals surface area contributed by atoms with E-state index >= 15 is 0 Å². The quantitative estimate of drug-likeness (QED) is 0.817. The van der Waals surface area contributed by atoms with Gasteiger partial charge in [-0.1, -0.05) is 12.1 Å². The van der Waals surface area contributed by atoms with E-state index in [1.54, 1.807) is 12.1 Å². The van der Waals surface area contributed by atoms with Gasteiger partial charge in [-0.05, 0) is 44.6 Å². The maximum Gasteiger partial charge on any atom is 0.240 e. The van der Waals surface area contributed by atoms with Crippen molar-refractivity contribution in [2.45, 2.75) is 25.4 Å². The zero-order valence-electron chi connectivity index (χ0n) is 10.9. The van der Waals surface area contributed by atoms with E-state index in [1.165, 1.54) is 12.1 Å². The maximum atomic E-state index is 12.8. The van der Waals surface area contributed by atoms with Crippen LogP contribution in [0.2, 0.25) is 0 Å². The van der Waals surface area contributed by atoms with Crippen molar-refractivity contribution in [1.82, 2.24) is 9.80 Å². The molecule has 1 unspecified atom stereocenters. The van der Waals surface area contributed by atoms with E-state index in [9.17, 15) is 9.18 Å². The van der Waals surface area contributed by atoms with Gasteiger partial charge in [0.05, 0.1) is 6.04 Å². The van der Waals surface area contributed by atoms with Gasteiger partial charge in [0.1, 0.15) is 5.82 Å². The average molecular weight is 250 g/mol. The van der Waals surface area contributed by atoms with Crippen LogP contribution in [0.1, 0.15) is 18.4 Å². The molecule has 1 amide bonds. The summed E-state index contributed by atoms with van der Waals surface area (Å²) in [6, 6.07) is 6.34. The summed E-state index contributed by atoms with van der Waals surface area (Å²) >= 11 is 0. The number of likely N-dealkylation sites (tertiary alicyclic amines) is 1. The highest BCUT2D eigenvalue weighted by Gasteiger charge is 2.29. The molecule has 1 saturated heterocycles. The number of rotatable bonds is 3. The van der Waals surface area contributed by atoms with Crippen molar-refractivity contribution in [1.29, 1.82) is 0 Å². The summed E-state index contributed by atoms with van der Waals surface area (Å²) in [7, 11) is 3.87. The fourth-order valence-electron chi connectivity index (χ4n) is 2.37. The molecule has 3 nitrogen and oxygen atoms in total. The van der Waals surface area contributed by atoms with Crippen molar-refractivity contribution in [2.24, 2.45) is 0 Å². The van der Waals surface area contributed by atoms with Crippen LogP contribution in [-0.2, 0) is 11.3 Å². The number of benzene rings is 1. The van der Waals surface area contributed by atoms with E-state index < -0.39 is 0 Å². The van der Waals surface area contributed by atoms with Crippen LogP contribution in [0.5, 0.6) is 0 Å². The van der Waals surface area contributed by atoms with Crippen molar-refractivity contribution in [3.05, 3.63) is 35.6 Å². The Kier molecular flexibility index (Phi) is 3.97. The Labute approximate surface area is 107 Å². The molecule has 4 heteroatoms. The summed E-state index contributed by atoms with van der Waals surface area (Å²) in [5.74, 6) is -0.0644. The zero-order chi connectivity index (χ0) is 13.1. The first kappa shape index (κ1) is 13.0. The van der Waals surface area contributed by atoms with Crippen LogP contribution in [-0.4, -0.2) is 42.4 Å². The van der Waals surface area contributed by atoms with Crippen LogP contribution in [0, 0.1) is 5.82 Å². The summed E-state index contributed by atoms with van der Waals surface area (Å²) in [5, 5.41) is 0. The van der Waals surface area contributed by atoms with Crippen LogP contribution in [0.3, 0.4) is 0 Å². The summed E-state index contributed by atoms with van der Waals surface area (Å²) < 4.78 is 12.8. The van der Waals surface area contributed by atoms with E-state index in [0.29, 0.717) is 6.54 Å². The van der Waals surface area contributed by atoms with E-state index in [4.69, 9.17) is 0 Å². The summed E-state index contributed by atoms with van der Waals surface area (Å²) in [6.45, 7) is 1.37. The summed E-state index contributed by atoms with van der Waals surface area (Å²) in [6.07, 6.45) is 1.95. The standard InChI is InChI=1S/C14H19FN2O/c1-16(2)13-4-3-9-17(14(13)18)10-11-5-7-12(15)8-6-11/h5-8,13H,3-4,9-10H2,1-2H3. The highest BCUT2D eigenvalue weighted by molar-refractivity contribution is 5.82. The molecule has 0 saturated carbocycles. The number of carbonyl (C=O) groups excluding carboxylic acids is 1. The first-order valence-corrected chi connectivity index (χ1v) is 6.27. The third kappa shape index (κ3) is 2.88. The Balaban J connectivity index is 2.04. The van der Waals surface area contributed by atoms with Gasteiger partial charge in [0.25, 0.3) is 0 Å². The summed E-state index contributed by atoms with van der Waals surface area (Å²) in [4.78, 5) is 16.1. The lowest BCUT2D eigenvalue weighted by molar-refractivity contribution is -0.139. The normalized spacial score (nSPS) is 20.6. The highest BCUT2D eigenvalue weighted by Crippen LogP contribution is 2.18. The first-order chi connectivity index (χ1) is 8.58. The molecule has 2 rings (SSSR count). The third-order valence-corrected chi connectivity index (χ3v) is 3.41. The number of hydrogen-bond donors (Lipinski definition) is 0. The number of nitrogens with zero attached hydrogens (tertiary/aromatic N) is 2. The van der Waals surface area contributed by atoms with Crippen LogP contribution in [0.4, 0.5) is 4.39 Å². The van der Waals surface area contributed by atoms with Gasteiger partial charge >= 0.3 is 0 Å². The minimum absolute atomic E-state index is 0.0146. The predicted molar refractivity (Wildman–Crippen MR) is 68.5 cm³/mol. The second kappa shape index (κ2) is 5.48. The Morgan fingerprint density at radius 2 is 2.00 bits per heavy atom. The molecular weight excluding hydrogens is 231 g/mol. The maximum absolute atomic E-state index is 12.8. The van der Waals surface area contributed by atoms with Crippen molar-refractivity contribution in [3.63, 3.8) is 0 Å². The van der Waals surface area contributed by atoms with Crippen LogP contribution in [0.25, 0.3) is 0 Å². The molecule has 98 valence electrons. The number of amides is 1. The van der Waals surface area contributed by atoms with Gasteiger partial charge in [0.2, 0.25) is 5.91 Å². The van der Waals surface area contributed by atoms with Gasteiger partial charge in [-0.2, -0.15) is 0 Å². The van der Waals surface area contributed by atoms with E-state index in [0.717, 1.165) is 24.9 Å². The lowest BCUT2D eigenvalue weighted by atomic mass is 10.0. The zero-order valence-corrected chi connectivity index (χ0v) is 10.9. The Hall–Kier alpha value is -1.42. The topological polar surface area (TPSA) is 23.6 Å². The lowest BCUT2D eigenvalue weighted by Gasteiger charge is -2.35. The van der Waals surface area contributed by atoms with Crippen LogP contribution < -0.4 is 0 Å². The highest BCUT2D eigenvalue weighted by atomic mass is 19.1. The molecule has 1 atom stereocenters. The number of hydrogen-bond acceptors (Lipinski definition) is 2. The number of likely N-dealkylation sites (N-methyl/N-ethyl adjacent to an activating group) is 1. The van der Waals surface area contributed by atoms with Gasteiger partial charge in [-0.3, -0.25) is 9.69 Å². The first-order valence-electron chi connectivity index (χ1n) is 6.27. The average Bonchev–Trinajstić information content (AvgIpc) is 2.34. The predicted octanol–water partition coefficient (Wildman–Crippen LogP) is 1.88. The minimum atomic E-state index is -0.241. The minimum Gasteiger partial charge on any atom is -0.337 e. The largest absolute Gasteiger partial charge is 0.337 e. The Morgan fingerprint density at radius 1 is 1.33 bits per heavy atom. The van der Waals surface area contributed by atoms with Crippen molar-refractivity contribution < 1.29 is 9.18 Å². The van der Waals surface area contributed by atoms with Gasteiger partial charge < -0.3 is 4.90 Å². The van der Waals surface area contributed by atoms with Crippen LogP contribution >= 0.6 is 0 Å². The molecule has 0 spiro atoms. The molecule has 0 bridgehead atoms. The van der Waals surface area contributed by atoms with Crippen molar-refractivity contribution in [3.8, 4) is 0 Å². The molecule has 0 aromatic heterocycles. The second-order valence-corrected chi connectivity index (χ2v) is 5.01. The van der Waals surface area contributed by atoms with Crippen LogP contribution in [0.15, 0.2) is 24.3 Å². The second-order valence-electron chi connectivity index (χ2n) is 5.01. The van der Waals surface area contributed by atoms with E-state index in [1.807, 2.05) is 23.9 Å². The molecule has 0 N–H and O–H groups in total. The molecule has 18 heavy (non-hydrogen) atoms. The molecule has 1 aliphatic heterocycles. The van der Waals surface area contributed by atoms with Gasteiger partial charge in [0.15, 0.2) is 0 Å². The lowest BCUT2D eigenvalue weighted by Crippen LogP contribution is -2.49. The van der Waals surface area contributed by atoms with Crippen molar-refractivity contribution in [2.75, 3.05) is 20.6 Å². The Morgan fingerprint density at radius 3 is 2.61 bits per heavy atom. The van der Waals surface area contributed by atoms with Gasteiger partial charge in [-0.15, -0.1) is 0 Å². The SMILES string of the molecule is CN(C)C1CCCN(Cc2ccc(F)cc2)C1=O. The monoisotopic (exact) mass is 250 g/mol. The molecular formula is C14H19FN2O. The van der Waals surface area contributed by atoms with Crippen molar-refractivity contribution >= 4 is 5.91 Å². The Bertz CT molecular complexity index is 416. The molecule has 1 heterocycles. The number of carbonyl (C=O) groups is 1. The van der Waals surface area contributed by atoms with Gasteiger partial charge in [-0.25, -0.2) is 4.39 Å². The molecule has 1 aliphatic rings. The number of piperidine rings is 1. The van der Waals surface area contributed by atoms with E-state index in [2.05, 4.69) is 0 Å². The smallest absolute Gasteiger partial charge is 0.240 e. The molecule has 1 aromatic carbocycles. The third-order valence-electron chi connectivity index (χ3n) is 3.41. The van der Waals surface area contributed by atoms with E-state index in [-0.39, 0.29) is 17.8 Å². The fourth-order valence-corrected chi connectivity index (χ4v) is 2.37. The molecule has 0 radical (unpaired) electrons. The number of halogens is 1. The molecule has 1 fully saturated rings. The van der Waals surface area contributed by atoms with Gasteiger partial charge in [0, 0.05) is 13.1 Å². The fraction of sp³-hybridized carbons (Fsp3) is 0.500. The summed E-state index contributed by atoms with van der Waals surface area (Å²) in [5.41, 5.74) is 0.976. The molecule has 0 aliphatic carbocycles. The molecule has 1 aromatic rings.